The number of aromatic nitrogens is 1. The third-order valence-corrected chi connectivity index (χ3v) is 3.32. The van der Waals surface area contributed by atoms with Crippen molar-refractivity contribution in [1.29, 1.82) is 0 Å². The maximum Gasteiger partial charge on any atom is 0.0746 e. The van der Waals surface area contributed by atoms with Crippen LogP contribution in [0.1, 0.15) is 26.3 Å². The van der Waals surface area contributed by atoms with E-state index in [2.05, 4.69) is 48.0 Å². The third-order valence-electron chi connectivity index (χ3n) is 3.32. The first-order valence-corrected chi connectivity index (χ1v) is 6.82. The van der Waals surface area contributed by atoms with Gasteiger partial charge in [0.15, 0.2) is 0 Å². The summed E-state index contributed by atoms with van der Waals surface area (Å²) in [6, 6.07) is 10.7. The predicted octanol–water partition coefficient (Wildman–Crippen LogP) is 2.83. The Balaban J connectivity index is 2.28. The van der Waals surface area contributed by atoms with Crippen LogP contribution >= 0.6 is 0 Å². The molecule has 0 amide bonds. The normalized spacial score (nSPS) is 13.4. The van der Waals surface area contributed by atoms with Crippen LogP contribution in [-0.2, 0) is 6.54 Å². The molecule has 0 saturated heterocycles. The van der Waals surface area contributed by atoms with E-state index in [1.54, 1.807) is 0 Å². The molecule has 2 rings (SSSR count). The number of aliphatic hydroxyl groups is 1. The highest BCUT2D eigenvalue weighted by molar-refractivity contribution is 5.81. The maximum atomic E-state index is 9.61. The molecule has 19 heavy (non-hydrogen) atoms. The third kappa shape index (κ3) is 3.52. The number of hydrogen-bond donors (Lipinski definition) is 1. The molecule has 3 heteroatoms. The molecule has 1 atom stereocenters. The first kappa shape index (κ1) is 14.0. The molecule has 0 aliphatic rings. The summed E-state index contributed by atoms with van der Waals surface area (Å²) in [5.41, 5.74) is 2.27. The molecule has 0 aliphatic carbocycles. The van der Waals surface area contributed by atoms with E-state index >= 15 is 0 Å². The minimum atomic E-state index is -0.315. The predicted molar refractivity (Wildman–Crippen MR) is 79.0 cm³/mol. The zero-order valence-electron chi connectivity index (χ0n) is 11.9. The van der Waals surface area contributed by atoms with Gasteiger partial charge < -0.3 is 5.11 Å². The van der Waals surface area contributed by atoms with Gasteiger partial charge in [-0.25, -0.2) is 0 Å². The van der Waals surface area contributed by atoms with Gasteiger partial charge in [-0.3, -0.25) is 9.88 Å². The zero-order valence-corrected chi connectivity index (χ0v) is 11.9. The molecule has 0 radical (unpaired) electrons. The van der Waals surface area contributed by atoms with Gasteiger partial charge in [-0.15, -0.1) is 0 Å². The largest absolute Gasteiger partial charge is 0.392 e. The molecule has 102 valence electrons. The molecule has 0 spiro atoms. The van der Waals surface area contributed by atoms with Gasteiger partial charge in [-0.1, -0.05) is 24.3 Å². The summed E-state index contributed by atoms with van der Waals surface area (Å²) in [5, 5.41) is 10.8. The van der Waals surface area contributed by atoms with Crippen LogP contribution in [0.4, 0.5) is 0 Å². The molecule has 1 heterocycles. The van der Waals surface area contributed by atoms with Gasteiger partial charge in [0.05, 0.1) is 11.6 Å². The van der Waals surface area contributed by atoms with Crippen molar-refractivity contribution in [1.82, 2.24) is 9.88 Å². The van der Waals surface area contributed by atoms with Crippen molar-refractivity contribution in [2.75, 3.05) is 6.54 Å². The molecule has 1 N–H and O–H groups in total. The van der Waals surface area contributed by atoms with E-state index in [1.165, 1.54) is 10.9 Å². The fraction of sp³-hybridized carbons (Fsp3) is 0.438. The van der Waals surface area contributed by atoms with E-state index in [9.17, 15) is 5.11 Å². The Morgan fingerprint density at radius 3 is 2.58 bits per heavy atom. The zero-order chi connectivity index (χ0) is 13.8. The van der Waals surface area contributed by atoms with Gasteiger partial charge in [0, 0.05) is 30.7 Å². The number of rotatable bonds is 5. The molecule has 1 unspecified atom stereocenters. The smallest absolute Gasteiger partial charge is 0.0746 e. The highest BCUT2D eigenvalue weighted by Gasteiger charge is 2.14. The summed E-state index contributed by atoms with van der Waals surface area (Å²) in [7, 11) is 0. The average Bonchev–Trinajstić information content (AvgIpc) is 2.37. The van der Waals surface area contributed by atoms with Crippen LogP contribution in [0.25, 0.3) is 10.9 Å². The topological polar surface area (TPSA) is 36.4 Å². The van der Waals surface area contributed by atoms with E-state index < -0.39 is 0 Å². The number of benzene rings is 1. The Kier molecular flexibility index (Phi) is 4.51. The van der Waals surface area contributed by atoms with Crippen molar-refractivity contribution in [2.24, 2.45) is 0 Å². The van der Waals surface area contributed by atoms with Gasteiger partial charge in [0.2, 0.25) is 0 Å². The molecular weight excluding hydrogens is 236 g/mol. The second-order valence-corrected chi connectivity index (χ2v) is 5.36. The molecule has 0 saturated carbocycles. The molecule has 2 aromatic rings. The van der Waals surface area contributed by atoms with Crippen LogP contribution in [0.2, 0.25) is 0 Å². The van der Waals surface area contributed by atoms with Crippen molar-refractivity contribution in [2.45, 2.75) is 39.5 Å². The summed E-state index contributed by atoms with van der Waals surface area (Å²) >= 11 is 0. The lowest BCUT2D eigenvalue weighted by Gasteiger charge is -2.28. The van der Waals surface area contributed by atoms with Gasteiger partial charge in [-0.2, -0.15) is 0 Å². The van der Waals surface area contributed by atoms with E-state index in [1.807, 2.05) is 19.2 Å². The second kappa shape index (κ2) is 6.13. The van der Waals surface area contributed by atoms with Crippen LogP contribution < -0.4 is 0 Å². The van der Waals surface area contributed by atoms with Gasteiger partial charge in [0.25, 0.3) is 0 Å². The number of hydrogen-bond acceptors (Lipinski definition) is 3. The van der Waals surface area contributed by atoms with Crippen LogP contribution in [0.3, 0.4) is 0 Å². The lowest BCUT2D eigenvalue weighted by atomic mass is 10.1. The summed E-state index contributed by atoms with van der Waals surface area (Å²) in [6.07, 6.45) is 1.52. The molecule has 1 aromatic heterocycles. The van der Waals surface area contributed by atoms with Crippen LogP contribution in [0.15, 0.2) is 36.5 Å². The van der Waals surface area contributed by atoms with Crippen LogP contribution in [0, 0.1) is 0 Å². The fourth-order valence-corrected chi connectivity index (χ4v) is 2.31. The van der Waals surface area contributed by atoms with Gasteiger partial charge in [0.1, 0.15) is 0 Å². The molecular formula is C16H22N2O. The van der Waals surface area contributed by atoms with Crippen molar-refractivity contribution in [3.63, 3.8) is 0 Å². The molecule has 3 nitrogen and oxygen atoms in total. The van der Waals surface area contributed by atoms with Crippen molar-refractivity contribution >= 4 is 10.9 Å². The fourth-order valence-electron chi connectivity index (χ4n) is 2.31. The molecule has 1 aromatic carbocycles. The van der Waals surface area contributed by atoms with Crippen LogP contribution in [-0.4, -0.2) is 33.7 Å². The maximum absolute atomic E-state index is 9.61. The van der Waals surface area contributed by atoms with E-state index in [-0.39, 0.29) is 6.10 Å². The van der Waals surface area contributed by atoms with Crippen LogP contribution in [0.5, 0.6) is 0 Å². The van der Waals surface area contributed by atoms with E-state index in [4.69, 9.17) is 0 Å². The van der Waals surface area contributed by atoms with Gasteiger partial charge >= 0.3 is 0 Å². The number of pyridine rings is 1. The Morgan fingerprint density at radius 1 is 1.16 bits per heavy atom. The number of aliphatic hydroxyl groups excluding tert-OH is 1. The summed E-state index contributed by atoms with van der Waals surface area (Å²) in [4.78, 5) is 6.76. The molecule has 0 bridgehead atoms. The second-order valence-electron chi connectivity index (χ2n) is 5.36. The number of nitrogens with zero attached hydrogens (tertiary/aromatic N) is 2. The summed E-state index contributed by atoms with van der Waals surface area (Å²) in [5.74, 6) is 0. The number of fused-ring (bicyclic) bond motifs is 1. The molecule has 0 fully saturated rings. The lowest BCUT2D eigenvalue weighted by molar-refractivity contribution is 0.103. The minimum absolute atomic E-state index is 0.315. The SMILES string of the molecule is CC(O)CN(Cc1cccc2cccnc12)C(C)C. The summed E-state index contributed by atoms with van der Waals surface area (Å²) < 4.78 is 0. The average molecular weight is 258 g/mol. The highest BCUT2D eigenvalue weighted by Crippen LogP contribution is 2.18. The minimum Gasteiger partial charge on any atom is -0.392 e. The number of para-hydroxylation sites is 1. The quantitative estimate of drug-likeness (QED) is 0.896. The van der Waals surface area contributed by atoms with E-state index in [0.29, 0.717) is 12.6 Å². The lowest BCUT2D eigenvalue weighted by Crippen LogP contribution is -2.36. The highest BCUT2D eigenvalue weighted by atomic mass is 16.3. The Morgan fingerprint density at radius 2 is 1.89 bits per heavy atom. The van der Waals surface area contributed by atoms with E-state index in [0.717, 1.165) is 12.1 Å². The first-order valence-electron chi connectivity index (χ1n) is 6.82. The summed E-state index contributed by atoms with van der Waals surface area (Å²) in [6.45, 7) is 7.64. The van der Waals surface area contributed by atoms with Crippen molar-refractivity contribution in [3.05, 3.63) is 42.1 Å². The molecule has 0 aliphatic heterocycles. The monoisotopic (exact) mass is 258 g/mol. The standard InChI is InChI=1S/C16H22N2O/c1-12(2)18(10-13(3)19)11-15-7-4-6-14-8-5-9-17-16(14)15/h4-9,12-13,19H,10-11H2,1-3H3. The Labute approximate surface area is 114 Å². The van der Waals surface area contributed by atoms with Crippen molar-refractivity contribution < 1.29 is 5.11 Å². The van der Waals surface area contributed by atoms with Crippen molar-refractivity contribution in [3.8, 4) is 0 Å². The Bertz CT molecular complexity index is 532. The first-order chi connectivity index (χ1) is 9.08. The Hall–Kier alpha value is -1.45. The van der Waals surface area contributed by atoms with Gasteiger partial charge in [-0.05, 0) is 32.4 Å².